The number of aromatic amines is 1. The maximum absolute atomic E-state index is 12.5. The van der Waals surface area contributed by atoms with Gasteiger partial charge in [0.1, 0.15) is 11.5 Å². The Balaban J connectivity index is 2.24. The Morgan fingerprint density at radius 1 is 1.35 bits per heavy atom. The van der Waals surface area contributed by atoms with Crippen molar-refractivity contribution in [3.05, 3.63) is 57.9 Å². The molecule has 1 N–H and O–H groups in total. The highest BCUT2D eigenvalue weighted by Gasteiger charge is 2.20. The molecule has 0 radical (unpaired) electrons. The second-order valence-electron chi connectivity index (χ2n) is 4.98. The molecule has 2 aromatic rings. The van der Waals surface area contributed by atoms with Gasteiger partial charge in [-0.25, -0.2) is 0 Å². The van der Waals surface area contributed by atoms with Crippen molar-refractivity contribution in [1.82, 2.24) is 9.88 Å². The van der Waals surface area contributed by atoms with E-state index in [1.807, 2.05) is 32.9 Å². The molecule has 5 nitrogen and oxygen atoms in total. The summed E-state index contributed by atoms with van der Waals surface area (Å²) in [6, 6.07) is 6.64. The zero-order valence-electron chi connectivity index (χ0n) is 11.8. The van der Waals surface area contributed by atoms with E-state index < -0.39 is 0 Å². The lowest BCUT2D eigenvalue weighted by molar-refractivity contribution is 0.0675. The van der Waals surface area contributed by atoms with Crippen molar-refractivity contribution in [2.24, 2.45) is 0 Å². The summed E-state index contributed by atoms with van der Waals surface area (Å²) in [5, 5.41) is 0. The van der Waals surface area contributed by atoms with Gasteiger partial charge in [-0.05, 0) is 39.0 Å². The van der Waals surface area contributed by atoms with Gasteiger partial charge in [0.05, 0.1) is 6.54 Å². The van der Waals surface area contributed by atoms with Crippen molar-refractivity contribution in [3.8, 4) is 0 Å². The van der Waals surface area contributed by atoms with Gasteiger partial charge in [-0.2, -0.15) is 0 Å². The van der Waals surface area contributed by atoms with Crippen molar-refractivity contribution < 1.29 is 9.21 Å². The van der Waals surface area contributed by atoms with E-state index in [1.54, 1.807) is 11.0 Å². The largest absolute Gasteiger partial charge is 0.464 e. The summed E-state index contributed by atoms with van der Waals surface area (Å²) in [6.07, 6.45) is 1.48. The highest BCUT2D eigenvalue weighted by Crippen LogP contribution is 2.14. The van der Waals surface area contributed by atoms with E-state index in [9.17, 15) is 9.59 Å². The number of carbonyl (C=O) groups is 1. The molecule has 2 heterocycles. The predicted octanol–water partition coefficient (Wildman–Crippen LogP) is 2.33. The molecule has 106 valence electrons. The van der Waals surface area contributed by atoms with Crippen LogP contribution in [0.3, 0.4) is 0 Å². The number of pyridine rings is 1. The van der Waals surface area contributed by atoms with Crippen LogP contribution in [0.4, 0.5) is 0 Å². The maximum atomic E-state index is 12.5. The number of aromatic nitrogens is 1. The van der Waals surface area contributed by atoms with Gasteiger partial charge in [-0.1, -0.05) is 0 Å². The minimum atomic E-state index is -0.284. The predicted molar refractivity (Wildman–Crippen MR) is 75.5 cm³/mol. The quantitative estimate of drug-likeness (QED) is 0.930. The third-order valence-electron chi connectivity index (χ3n) is 3.03. The summed E-state index contributed by atoms with van der Waals surface area (Å²) in [7, 11) is 0. The SMILES string of the molecule is Cc1ccc(CN(C(=O)c2cc[nH]c(=O)c2)C(C)C)o1. The number of carbonyl (C=O) groups excluding carboxylic acids is 1. The van der Waals surface area contributed by atoms with Gasteiger partial charge in [0.15, 0.2) is 0 Å². The Morgan fingerprint density at radius 2 is 2.10 bits per heavy atom. The average Bonchev–Trinajstić information content (AvgIpc) is 2.80. The van der Waals surface area contributed by atoms with Crippen LogP contribution in [-0.2, 0) is 6.54 Å². The summed E-state index contributed by atoms with van der Waals surface area (Å²) in [5.41, 5.74) is 0.0964. The number of furan rings is 1. The van der Waals surface area contributed by atoms with Gasteiger partial charge >= 0.3 is 0 Å². The van der Waals surface area contributed by atoms with E-state index in [2.05, 4.69) is 4.98 Å². The smallest absolute Gasteiger partial charge is 0.254 e. The molecule has 2 aromatic heterocycles. The molecule has 0 saturated carbocycles. The van der Waals surface area contributed by atoms with Crippen molar-refractivity contribution in [3.63, 3.8) is 0 Å². The van der Waals surface area contributed by atoms with E-state index in [0.717, 1.165) is 11.5 Å². The molecule has 20 heavy (non-hydrogen) atoms. The first-order chi connectivity index (χ1) is 9.47. The summed E-state index contributed by atoms with van der Waals surface area (Å²) < 4.78 is 5.51. The minimum absolute atomic E-state index is 0.00666. The monoisotopic (exact) mass is 274 g/mol. The average molecular weight is 274 g/mol. The van der Waals surface area contributed by atoms with Crippen molar-refractivity contribution >= 4 is 5.91 Å². The van der Waals surface area contributed by atoms with Crippen LogP contribution in [-0.4, -0.2) is 21.8 Å². The highest BCUT2D eigenvalue weighted by atomic mass is 16.3. The van der Waals surface area contributed by atoms with E-state index in [1.165, 1.54) is 12.3 Å². The molecule has 0 aromatic carbocycles. The Labute approximate surface area is 117 Å². The third-order valence-corrected chi connectivity index (χ3v) is 3.03. The van der Waals surface area contributed by atoms with Gasteiger partial charge in [-0.15, -0.1) is 0 Å². The van der Waals surface area contributed by atoms with Crippen LogP contribution in [0.5, 0.6) is 0 Å². The topological polar surface area (TPSA) is 66.3 Å². The van der Waals surface area contributed by atoms with Crippen LogP contribution in [0.15, 0.2) is 39.7 Å². The molecular weight excluding hydrogens is 256 g/mol. The third kappa shape index (κ3) is 3.17. The van der Waals surface area contributed by atoms with Gasteiger partial charge < -0.3 is 14.3 Å². The van der Waals surface area contributed by atoms with Crippen molar-refractivity contribution in [2.75, 3.05) is 0 Å². The molecule has 1 amide bonds. The van der Waals surface area contributed by atoms with Gasteiger partial charge in [0.2, 0.25) is 5.56 Å². The molecule has 0 aliphatic heterocycles. The van der Waals surface area contributed by atoms with Crippen LogP contribution < -0.4 is 5.56 Å². The molecule has 0 spiro atoms. The zero-order chi connectivity index (χ0) is 14.7. The number of H-pyrrole nitrogens is 1. The van der Waals surface area contributed by atoms with Crippen LogP contribution in [0.2, 0.25) is 0 Å². The first kappa shape index (κ1) is 14.1. The maximum Gasteiger partial charge on any atom is 0.254 e. The van der Waals surface area contributed by atoms with Crippen LogP contribution in [0.1, 0.15) is 35.7 Å². The van der Waals surface area contributed by atoms with Gasteiger partial charge in [-0.3, -0.25) is 9.59 Å². The van der Waals surface area contributed by atoms with E-state index in [0.29, 0.717) is 12.1 Å². The number of rotatable bonds is 4. The van der Waals surface area contributed by atoms with Crippen molar-refractivity contribution in [2.45, 2.75) is 33.4 Å². The van der Waals surface area contributed by atoms with Crippen LogP contribution in [0, 0.1) is 6.92 Å². The fourth-order valence-electron chi connectivity index (χ4n) is 1.97. The lowest BCUT2D eigenvalue weighted by Crippen LogP contribution is -2.36. The first-order valence-corrected chi connectivity index (χ1v) is 6.52. The number of nitrogens with one attached hydrogen (secondary N) is 1. The molecule has 0 aliphatic rings. The minimum Gasteiger partial charge on any atom is -0.464 e. The Hall–Kier alpha value is -2.30. The number of hydrogen-bond donors (Lipinski definition) is 1. The zero-order valence-corrected chi connectivity index (χ0v) is 11.8. The van der Waals surface area contributed by atoms with E-state index >= 15 is 0 Å². The van der Waals surface area contributed by atoms with Crippen LogP contribution >= 0.6 is 0 Å². The summed E-state index contributed by atoms with van der Waals surface area (Å²) in [4.78, 5) is 28.0. The lowest BCUT2D eigenvalue weighted by atomic mass is 10.2. The Morgan fingerprint density at radius 3 is 2.65 bits per heavy atom. The molecule has 0 atom stereocenters. The molecular formula is C15H18N2O3. The summed E-state index contributed by atoms with van der Waals surface area (Å²) in [6.45, 7) is 6.11. The second kappa shape index (κ2) is 5.77. The fraction of sp³-hybridized carbons (Fsp3) is 0.333. The molecule has 0 fully saturated rings. The standard InChI is InChI=1S/C15H18N2O3/c1-10(2)17(9-13-5-4-11(3)20-13)15(19)12-6-7-16-14(18)8-12/h4-8,10H,9H2,1-3H3,(H,16,18). The molecule has 0 aliphatic carbocycles. The van der Waals surface area contributed by atoms with E-state index in [4.69, 9.17) is 4.42 Å². The first-order valence-electron chi connectivity index (χ1n) is 6.52. The van der Waals surface area contributed by atoms with Crippen LogP contribution in [0.25, 0.3) is 0 Å². The number of aryl methyl sites for hydroxylation is 1. The molecule has 2 rings (SSSR count). The summed E-state index contributed by atoms with van der Waals surface area (Å²) >= 11 is 0. The number of nitrogens with zero attached hydrogens (tertiary/aromatic N) is 1. The number of hydrogen-bond acceptors (Lipinski definition) is 3. The van der Waals surface area contributed by atoms with Gasteiger partial charge in [0.25, 0.3) is 5.91 Å². The highest BCUT2D eigenvalue weighted by molar-refractivity contribution is 5.94. The molecule has 0 unspecified atom stereocenters. The molecule has 0 bridgehead atoms. The Bertz CT molecular complexity index is 655. The Kier molecular flexibility index (Phi) is 4.08. The molecule has 5 heteroatoms. The number of amides is 1. The fourth-order valence-corrected chi connectivity index (χ4v) is 1.97. The molecule has 0 saturated heterocycles. The normalized spacial score (nSPS) is 10.8. The van der Waals surface area contributed by atoms with E-state index in [-0.39, 0.29) is 17.5 Å². The second-order valence-corrected chi connectivity index (χ2v) is 4.98. The van der Waals surface area contributed by atoms with Crippen molar-refractivity contribution in [1.29, 1.82) is 0 Å². The lowest BCUT2D eigenvalue weighted by Gasteiger charge is -2.25. The van der Waals surface area contributed by atoms with Gasteiger partial charge in [0, 0.05) is 23.9 Å². The summed E-state index contributed by atoms with van der Waals surface area (Å²) in [5.74, 6) is 1.36.